The molecule has 2 N–H and O–H groups in total. The van der Waals surface area contributed by atoms with Gasteiger partial charge in [-0.1, -0.05) is 0 Å². The second-order valence-corrected chi connectivity index (χ2v) is 6.60. The van der Waals surface area contributed by atoms with E-state index in [1.807, 2.05) is 0 Å². The van der Waals surface area contributed by atoms with Gasteiger partial charge in [-0.2, -0.15) is 13.2 Å². The molecule has 0 bridgehead atoms. The first kappa shape index (κ1) is 19.6. The van der Waals surface area contributed by atoms with Crippen LogP contribution in [0.4, 0.5) is 23.7 Å². The molecule has 2 aromatic heterocycles. The van der Waals surface area contributed by atoms with Crippen molar-refractivity contribution >= 4 is 28.6 Å². The van der Waals surface area contributed by atoms with Gasteiger partial charge in [0.15, 0.2) is 5.58 Å². The third-order valence-electron chi connectivity index (χ3n) is 4.61. The van der Waals surface area contributed by atoms with E-state index in [0.717, 1.165) is 12.1 Å². The Balaban J connectivity index is 1.58. The fourth-order valence-corrected chi connectivity index (χ4v) is 3.01. The van der Waals surface area contributed by atoms with Gasteiger partial charge in [0.25, 0.3) is 0 Å². The summed E-state index contributed by atoms with van der Waals surface area (Å²) in [6.45, 7) is 0.161. The van der Waals surface area contributed by atoms with Crippen LogP contribution in [0.3, 0.4) is 0 Å². The maximum absolute atomic E-state index is 12.7. The molecule has 3 heterocycles. The van der Waals surface area contributed by atoms with Crippen LogP contribution in [0.1, 0.15) is 5.56 Å². The average Bonchev–Trinajstić information content (AvgIpc) is 3.28. The molecule has 1 fully saturated rings. The van der Waals surface area contributed by atoms with Gasteiger partial charge in [-0.05, 0) is 18.2 Å². The summed E-state index contributed by atoms with van der Waals surface area (Å²) in [5.74, 6) is -0.243. The molecular formula is C19H15F3N4O4. The summed E-state index contributed by atoms with van der Waals surface area (Å²) in [6.07, 6.45) is -2.40. The largest absolute Gasteiger partial charge is 0.462 e. The van der Waals surface area contributed by atoms with Crippen LogP contribution < -0.4 is 15.4 Å². The van der Waals surface area contributed by atoms with Gasteiger partial charge in [0.05, 0.1) is 17.5 Å². The fraction of sp³-hybridized carbons (Fsp3) is 0.211. The highest BCUT2D eigenvalue weighted by Crippen LogP contribution is 2.34. The monoisotopic (exact) mass is 420 g/mol. The molecule has 1 saturated heterocycles. The number of aromatic nitrogens is 1. The third kappa shape index (κ3) is 3.73. The summed E-state index contributed by atoms with van der Waals surface area (Å²) in [7, 11) is 1.50. The molecule has 0 saturated carbocycles. The van der Waals surface area contributed by atoms with Gasteiger partial charge < -0.3 is 24.7 Å². The van der Waals surface area contributed by atoms with E-state index in [-0.39, 0.29) is 29.9 Å². The molecule has 1 atom stereocenters. The summed E-state index contributed by atoms with van der Waals surface area (Å²) in [5.41, 5.74) is -0.217. The highest BCUT2D eigenvalue weighted by Gasteiger charge is 2.33. The molecule has 1 aliphatic heterocycles. The standard InChI is InChI=1S/C19H15F3N4O4/c1-26-14(9-24-18(26)28)17(27)25-13-7-12(6-10-4-5-29-16(10)13)30-15-3-2-11(8-23-15)19(20,21)22/h2-8,14H,9H2,1H3,(H,24,28)(H,25,27)/t14-/m1/s1. The van der Waals surface area contributed by atoms with Crippen molar-refractivity contribution in [3.8, 4) is 11.6 Å². The van der Waals surface area contributed by atoms with Crippen LogP contribution >= 0.6 is 0 Å². The number of carbonyl (C=O) groups is 2. The molecule has 8 nitrogen and oxygen atoms in total. The lowest BCUT2D eigenvalue weighted by molar-refractivity contribution is -0.137. The maximum Gasteiger partial charge on any atom is 0.417 e. The maximum atomic E-state index is 12.7. The number of alkyl halides is 3. The van der Waals surface area contributed by atoms with Gasteiger partial charge in [-0.25, -0.2) is 9.78 Å². The van der Waals surface area contributed by atoms with Crippen molar-refractivity contribution in [1.29, 1.82) is 0 Å². The number of urea groups is 1. The van der Waals surface area contributed by atoms with Crippen molar-refractivity contribution in [2.75, 3.05) is 18.9 Å². The molecule has 0 radical (unpaired) electrons. The Bertz CT molecular complexity index is 1110. The average molecular weight is 420 g/mol. The van der Waals surface area contributed by atoms with E-state index < -0.39 is 23.7 Å². The molecule has 30 heavy (non-hydrogen) atoms. The number of amides is 3. The van der Waals surface area contributed by atoms with Gasteiger partial charge in [-0.3, -0.25) is 4.79 Å². The molecule has 11 heteroatoms. The summed E-state index contributed by atoms with van der Waals surface area (Å²) >= 11 is 0. The third-order valence-corrected chi connectivity index (χ3v) is 4.61. The lowest BCUT2D eigenvalue weighted by Gasteiger charge is -2.17. The number of hydrogen-bond donors (Lipinski definition) is 2. The number of likely N-dealkylation sites (N-methyl/N-ethyl adjacent to an activating group) is 1. The molecular weight excluding hydrogens is 405 g/mol. The number of benzene rings is 1. The first-order valence-corrected chi connectivity index (χ1v) is 8.76. The Morgan fingerprint density at radius 3 is 2.77 bits per heavy atom. The van der Waals surface area contributed by atoms with Crippen LogP contribution in [0, 0.1) is 0 Å². The molecule has 1 aliphatic rings. The summed E-state index contributed by atoms with van der Waals surface area (Å²) in [4.78, 5) is 29.1. The summed E-state index contributed by atoms with van der Waals surface area (Å²) in [6, 6.07) is 5.61. The van der Waals surface area contributed by atoms with Gasteiger partial charge in [0.2, 0.25) is 11.8 Å². The van der Waals surface area contributed by atoms with Gasteiger partial charge in [-0.15, -0.1) is 0 Å². The van der Waals surface area contributed by atoms with E-state index in [2.05, 4.69) is 15.6 Å². The SMILES string of the molecule is CN1C(=O)NC[C@@H]1C(=O)Nc1cc(Oc2ccc(C(F)(F)F)cn2)cc2ccoc12. The van der Waals surface area contributed by atoms with Gasteiger partial charge in [0.1, 0.15) is 11.8 Å². The minimum absolute atomic E-state index is 0.0477. The lowest BCUT2D eigenvalue weighted by atomic mass is 10.2. The van der Waals surface area contributed by atoms with Crippen molar-refractivity contribution in [1.82, 2.24) is 15.2 Å². The quantitative estimate of drug-likeness (QED) is 0.672. The number of nitrogens with one attached hydrogen (secondary N) is 2. The topological polar surface area (TPSA) is 96.7 Å². The second kappa shape index (κ2) is 7.25. The minimum atomic E-state index is -4.50. The number of nitrogens with zero attached hydrogens (tertiary/aromatic N) is 2. The van der Waals surface area contributed by atoms with Crippen molar-refractivity contribution in [2.45, 2.75) is 12.2 Å². The zero-order valence-corrected chi connectivity index (χ0v) is 15.5. The highest BCUT2D eigenvalue weighted by molar-refractivity contribution is 6.04. The predicted molar refractivity (Wildman–Crippen MR) is 99.1 cm³/mol. The zero-order valence-electron chi connectivity index (χ0n) is 15.5. The number of hydrogen-bond acceptors (Lipinski definition) is 5. The Morgan fingerprint density at radius 2 is 2.13 bits per heavy atom. The normalized spacial score (nSPS) is 16.6. The number of halogens is 3. The number of anilines is 1. The van der Waals surface area contributed by atoms with Crippen LogP contribution in [-0.4, -0.2) is 41.5 Å². The van der Waals surface area contributed by atoms with E-state index in [9.17, 15) is 22.8 Å². The highest BCUT2D eigenvalue weighted by atomic mass is 19.4. The molecule has 3 aromatic rings. The fourth-order valence-electron chi connectivity index (χ4n) is 3.01. The molecule has 4 rings (SSSR count). The van der Waals surface area contributed by atoms with Crippen molar-refractivity contribution in [3.63, 3.8) is 0 Å². The number of furan rings is 1. The van der Waals surface area contributed by atoms with E-state index in [1.165, 1.54) is 24.3 Å². The van der Waals surface area contributed by atoms with Crippen LogP contribution in [0.5, 0.6) is 11.6 Å². The van der Waals surface area contributed by atoms with Crippen molar-refractivity contribution < 1.29 is 31.9 Å². The Kier molecular flexibility index (Phi) is 4.72. The summed E-state index contributed by atoms with van der Waals surface area (Å²) in [5, 5.41) is 5.87. The minimum Gasteiger partial charge on any atom is -0.462 e. The number of fused-ring (bicyclic) bond motifs is 1. The Labute approximate surface area is 167 Å². The lowest BCUT2D eigenvalue weighted by Crippen LogP contribution is -2.40. The first-order valence-electron chi connectivity index (χ1n) is 8.76. The smallest absolute Gasteiger partial charge is 0.417 e. The molecule has 1 aromatic carbocycles. The van der Waals surface area contributed by atoms with Crippen LogP contribution in [0.2, 0.25) is 0 Å². The number of ether oxygens (including phenoxy) is 1. The number of pyridine rings is 1. The van der Waals surface area contributed by atoms with E-state index in [4.69, 9.17) is 9.15 Å². The van der Waals surface area contributed by atoms with Gasteiger partial charge >= 0.3 is 12.2 Å². The van der Waals surface area contributed by atoms with E-state index >= 15 is 0 Å². The molecule has 0 spiro atoms. The van der Waals surface area contributed by atoms with E-state index in [0.29, 0.717) is 17.2 Å². The zero-order chi connectivity index (χ0) is 21.5. The van der Waals surface area contributed by atoms with E-state index in [1.54, 1.807) is 12.1 Å². The first-order chi connectivity index (χ1) is 14.2. The van der Waals surface area contributed by atoms with Crippen molar-refractivity contribution in [2.24, 2.45) is 0 Å². The molecule has 3 amide bonds. The second-order valence-electron chi connectivity index (χ2n) is 6.60. The van der Waals surface area contributed by atoms with Crippen LogP contribution in [-0.2, 0) is 11.0 Å². The number of carbonyl (C=O) groups excluding carboxylic acids is 2. The molecule has 156 valence electrons. The predicted octanol–water partition coefficient (Wildman–Crippen LogP) is 3.60. The van der Waals surface area contributed by atoms with Crippen LogP contribution in [0.15, 0.2) is 47.2 Å². The van der Waals surface area contributed by atoms with Crippen LogP contribution in [0.25, 0.3) is 11.0 Å². The molecule has 0 aliphatic carbocycles. The van der Waals surface area contributed by atoms with Crippen molar-refractivity contribution in [3.05, 3.63) is 48.4 Å². The van der Waals surface area contributed by atoms with Gasteiger partial charge in [0, 0.05) is 37.3 Å². The Hall–Kier alpha value is -3.76. The molecule has 0 unspecified atom stereocenters. The summed E-state index contributed by atoms with van der Waals surface area (Å²) < 4.78 is 49.0. The number of rotatable bonds is 4. The Morgan fingerprint density at radius 1 is 1.33 bits per heavy atom.